The lowest BCUT2D eigenvalue weighted by Gasteiger charge is -2.37. The molecule has 1 aliphatic heterocycles. The number of anilines is 1. The molecule has 5 rings (SSSR count). The lowest BCUT2D eigenvalue weighted by Crippen LogP contribution is -2.46. The number of benzene rings is 3. The van der Waals surface area contributed by atoms with Gasteiger partial charge in [-0.2, -0.15) is 9.41 Å². The molecule has 2 atom stereocenters. The predicted molar refractivity (Wildman–Crippen MR) is 165 cm³/mol. The van der Waals surface area contributed by atoms with E-state index in [-0.39, 0.29) is 33.9 Å². The van der Waals surface area contributed by atoms with Crippen molar-refractivity contribution in [3.8, 4) is 0 Å². The van der Waals surface area contributed by atoms with Crippen molar-refractivity contribution < 1.29 is 18.3 Å². The molecule has 0 spiro atoms. The van der Waals surface area contributed by atoms with E-state index in [0.717, 1.165) is 28.3 Å². The number of nitrogens with zero attached hydrogens (tertiary/aromatic N) is 5. The van der Waals surface area contributed by atoms with Crippen molar-refractivity contribution in [1.82, 2.24) is 9.29 Å². The maximum Gasteiger partial charge on any atom is 0.283 e. The number of piperidine rings is 1. The monoisotopic (exact) mass is 620 g/mol. The van der Waals surface area contributed by atoms with Gasteiger partial charge >= 0.3 is 0 Å². The van der Waals surface area contributed by atoms with Crippen LogP contribution in [0.4, 0.5) is 17.1 Å². The number of nitro benzene ring substituents is 2. The van der Waals surface area contributed by atoms with Crippen molar-refractivity contribution in [2.75, 3.05) is 12.0 Å². The van der Waals surface area contributed by atoms with Crippen LogP contribution < -0.4 is 5.43 Å². The first kappa shape index (κ1) is 30.1. The molecule has 1 saturated heterocycles. The topological polar surface area (TPSA) is 161 Å². The lowest BCUT2D eigenvalue weighted by atomic mass is 9.94. The minimum atomic E-state index is -4.10. The molecule has 2 heterocycles. The molecule has 222 valence electrons. The smallest absolute Gasteiger partial charge is 0.277 e. The molecule has 43 heavy (non-hydrogen) atoms. The van der Waals surface area contributed by atoms with E-state index < -0.39 is 19.9 Å². The molecular formula is C29H28N6O6S2. The molecular weight excluding hydrogens is 592 g/mol. The van der Waals surface area contributed by atoms with Crippen LogP contribution in [0, 0.1) is 26.1 Å². The highest BCUT2D eigenvalue weighted by atomic mass is 32.2. The van der Waals surface area contributed by atoms with E-state index in [2.05, 4.69) is 15.5 Å². The fraction of sp³-hybridized carbons (Fsp3) is 0.241. The van der Waals surface area contributed by atoms with Gasteiger partial charge in [0.15, 0.2) is 0 Å². The van der Waals surface area contributed by atoms with Crippen LogP contribution in [0.15, 0.2) is 92.7 Å². The quantitative estimate of drug-likeness (QED) is 0.126. The molecule has 3 aromatic carbocycles. The van der Waals surface area contributed by atoms with Crippen molar-refractivity contribution in [2.24, 2.45) is 11.0 Å². The number of nitrogens with one attached hydrogen (secondary N) is 1. The van der Waals surface area contributed by atoms with Gasteiger partial charge < -0.3 is 0 Å². The molecule has 12 nitrogen and oxygen atoms in total. The first-order valence-electron chi connectivity index (χ1n) is 13.5. The van der Waals surface area contributed by atoms with Gasteiger partial charge in [-0.15, -0.1) is 0 Å². The van der Waals surface area contributed by atoms with Crippen LogP contribution in [0.2, 0.25) is 0 Å². The van der Waals surface area contributed by atoms with Crippen molar-refractivity contribution >= 4 is 56.0 Å². The Labute approximate surface area is 252 Å². The molecule has 0 unspecified atom stereocenters. The number of pyridine rings is 1. The molecule has 4 aromatic rings. The Kier molecular flexibility index (Phi) is 8.71. The van der Waals surface area contributed by atoms with Crippen LogP contribution in [-0.2, 0) is 10.0 Å². The highest BCUT2D eigenvalue weighted by Crippen LogP contribution is 2.38. The van der Waals surface area contributed by atoms with E-state index in [4.69, 9.17) is 0 Å². The van der Waals surface area contributed by atoms with E-state index in [1.54, 1.807) is 18.3 Å². The van der Waals surface area contributed by atoms with Crippen LogP contribution in [0.3, 0.4) is 0 Å². The fourth-order valence-corrected chi connectivity index (χ4v) is 7.94. The molecule has 14 heteroatoms. The third-order valence-corrected chi connectivity index (χ3v) is 10.6. The minimum Gasteiger partial charge on any atom is -0.277 e. The van der Waals surface area contributed by atoms with Gasteiger partial charge in [0.25, 0.3) is 11.4 Å². The Morgan fingerprint density at radius 2 is 1.81 bits per heavy atom. The Morgan fingerprint density at radius 3 is 2.58 bits per heavy atom. The molecule has 0 radical (unpaired) electrons. The average molecular weight is 621 g/mol. The van der Waals surface area contributed by atoms with E-state index in [9.17, 15) is 28.6 Å². The van der Waals surface area contributed by atoms with E-state index in [1.807, 2.05) is 44.2 Å². The standard InChI is InChI=1S/C29H28N6O6S2/c1-19-6-5-15-33(20(19)2)43(40,41)28-17-23(34(36)37)11-12-24(28)32-31-18-21-10-13-26(25(16-21)35(38)39)42-27-9-3-7-22-8-4-14-30-29(22)27/h3-4,7-14,16-20,32H,5-6,15H2,1-2H3/b31-18-/t19-,20+/m1/s1. The molecule has 1 N–H and O–H groups in total. The zero-order valence-electron chi connectivity index (χ0n) is 23.3. The second-order valence-corrected chi connectivity index (χ2v) is 13.1. The Hall–Kier alpha value is -4.40. The van der Waals surface area contributed by atoms with Gasteiger partial charge in [-0.3, -0.25) is 30.6 Å². The summed E-state index contributed by atoms with van der Waals surface area (Å²) >= 11 is 1.23. The number of para-hydroxylation sites is 1. The Balaban J connectivity index is 1.42. The summed E-state index contributed by atoms with van der Waals surface area (Å²) in [6.07, 6.45) is 4.57. The van der Waals surface area contributed by atoms with Gasteiger partial charge in [0.1, 0.15) is 4.90 Å². The van der Waals surface area contributed by atoms with Crippen LogP contribution >= 0.6 is 11.8 Å². The van der Waals surface area contributed by atoms with E-state index >= 15 is 0 Å². The van der Waals surface area contributed by atoms with Crippen LogP contribution in [0.1, 0.15) is 32.3 Å². The second kappa shape index (κ2) is 12.5. The molecule has 1 aliphatic rings. The molecule has 0 aliphatic carbocycles. The first-order chi connectivity index (χ1) is 20.6. The number of aromatic nitrogens is 1. The van der Waals surface area contributed by atoms with Gasteiger partial charge in [0, 0.05) is 52.8 Å². The predicted octanol–water partition coefficient (Wildman–Crippen LogP) is 6.46. The first-order valence-corrected chi connectivity index (χ1v) is 15.7. The molecule has 0 amide bonds. The van der Waals surface area contributed by atoms with Crippen molar-refractivity contribution in [1.29, 1.82) is 0 Å². The van der Waals surface area contributed by atoms with E-state index in [1.165, 1.54) is 40.5 Å². The molecule has 0 saturated carbocycles. The zero-order valence-corrected chi connectivity index (χ0v) is 24.9. The summed E-state index contributed by atoms with van der Waals surface area (Å²) in [5.74, 6) is 0.130. The maximum absolute atomic E-state index is 13.7. The minimum absolute atomic E-state index is 0.0532. The number of nitro groups is 2. The molecule has 0 bridgehead atoms. The number of fused-ring (bicyclic) bond motifs is 1. The largest absolute Gasteiger partial charge is 0.283 e. The van der Waals surface area contributed by atoms with Crippen molar-refractivity contribution in [3.63, 3.8) is 0 Å². The van der Waals surface area contributed by atoms with Crippen molar-refractivity contribution in [2.45, 2.75) is 47.4 Å². The van der Waals surface area contributed by atoms with Gasteiger partial charge in [0.2, 0.25) is 10.0 Å². The lowest BCUT2D eigenvalue weighted by molar-refractivity contribution is -0.387. The summed E-state index contributed by atoms with van der Waals surface area (Å²) in [6, 6.07) is 17.3. The van der Waals surface area contributed by atoms with Crippen LogP contribution in [0.5, 0.6) is 0 Å². The SMILES string of the molecule is C[C@@H]1CCCN(S(=O)(=O)c2cc([N+](=O)[O-])ccc2N/N=C\c2ccc(Sc3cccc4cccnc34)c([N+](=O)[O-])c2)[C@H]1C. The summed E-state index contributed by atoms with van der Waals surface area (Å²) in [5.41, 5.74) is 3.37. The Morgan fingerprint density at radius 1 is 1.02 bits per heavy atom. The van der Waals surface area contributed by atoms with Gasteiger partial charge in [0.05, 0.1) is 32.2 Å². The molecule has 1 fully saturated rings. The summed E-state index contributed by atoms with van der Waals surface area (Å²) in [4.78, 5) is 27.6. The van der Waals surface area contributed by atoms with Crippen LogP contribution in [-0.4, -0.2) is 46.4 Å². The van der Waals surface area contributed by atoms with Crippen molar-refractivity contribution in [3.05, 3.63) is 98.7 Å². The third-order valence-electron chi connectivity index (χ3n) is 7.47. The summed E-state index contributed by atoms with van der Waals surface area (Å²) < 4.78 is 28.8. The number of rotatable bonds is 9. The number of sulfonamides is 1. The molecule has 1 aromatic heterocycles. The zero-order chi connectivity index (χ0) is 30.7. The maximum atomic E-state index is 13.7. The second-order valence-electron chi connectivity index (χ2n) is 10.2. The normalized spacial score (nSPS) is 17.7. The van der Waals surface area contributed by atoms with Gasteiger partial charge in [-0.05, 0) is 49.9 Å². The van der Waals surface area contributed by atoms with E-state index in [0.29, 0.717) is 23.4 Å². The highest BCUT2D eigenvalue weighted by Gasteiger charge is 2.36. The highest BCUT2D eigenvalue weighted by molar-refractivity contribution is 7.99. The third kappa shape index (κ3) is 6.35. The van der Waals surface area contributed by atoms with Gasteiger partial charge in [-0.1, -0.05) is 43.0 Å². The Bertz CT molecular complexity index is 1840. The van der Waals surface area contributed by atoms with Crippen LogP contribution in [0.25, 0.3) is 10.9 Å². The average Bonchev–Trinajstić information content (AvgIpc) is 2.99. The number of non-ortho nitro benzene ring substituents is 1. The summed E-state index contributed by atoms with van der Waals surface area (Å²) in [7, 11) is -4.10. The number of hydrazone groups is 1. The summed E-state index contributed by atoms with van der Waals surface area (Å²) in [5, 5.41) is 28.5. The number of hydrogen-bond acceptors (Lipinski definition) is 10. The summed E-state index contributed by atoms with van der Waals surface area (Å²) in [6.45, 7) is 4.11. The van der Waals surface area contributed by atoms with Gasteiger partial charge in [-0.25, -0.2) is 8.42 Å². The fourth-order valence-electron chi connectivity index (χ4n) is 4.99. The number of hydrogen-bond donors (Lipinski definition) is 1.